The minimum atomic E-state index is -4.48. The molecule has 0 saturated heterocycles. The summed E-state index contributed by atoms with van der Waals surface area (Å²) in [7, 11) is 0. The number of alkyl halides is 3. The Balaban J connectivity index is 2.35. The fraction of sp³-hybridized carbons (Fsp3) is 0.214. The standard InChI is InChI=1S/C14H14F3N3O/c1-2-21-12-6-4-3-5-10(12)20-11-7-9(14(15,16)17)8-19-13(11)18/h3-8,20H,2H2,1H3,(H2,18,19). The average molecular weight is 297 g/mol. The van der Waals surface area contributed by atoms with Crippen LogP contribution < -0.4 is 15.8 Å². The van der Waals surface area contributed by atoms with Gasteiger partial charge in [0.2, 0.25) is 0 Å². The van der Waals surface area contributed by atoms with Crippen LogP contribution >= 0.6 is 0 Å². The van der Waals surface area contributed by atoms with Crippen LogP contribution in [0.5, 0.6) is 5.75 Å². The van der Waals surface area contributed by atoms with Gasteiger partial charge < -0.3 is 15.8 Å². The van der Waals surface area contributed by atoms with Crippen LogP contribution in [0.15, 0.2) is 36.5 Å². The molecule has 0 unspecified atom stereocenters. The third-order valence-electron chi connectivity index (χ3n) is 2.70. The van der Waals surface area contributed by atoms with Gasteiger partial charge in [-0.15, -0.1) is 0 Å². The highest BCUT2D eigenvalue weighted by Crippen LogP contribution is 2.34. The lowest BCUT2D eigenvalue weighted by molar-refractivity contribution is -0.137. The van der Waals surface area contributed by atoms with E-state index in [0.717, 1.165) is 6.07 Å². The Morgan fingerprint density at radius 1 is 1.24 bits per heavy atom. The highest BCUT2D eigenvalue weighted by atomic mass is 19.4. The molecule has 0 aliphatic carbocycles. The first-order valence-electron chi connectivity index (χ1n) is 6.23. The number of ether oxygens (including phenoxy) is 1. The topological polar surface area (TPSA) is 60.2 Å². The molecule has 2 rings (SSSR count). The van der Waals surface area contributed by atoms with Crippen LogP contribution in [0.1, 0.15) is 12.5 Å². The molecule has 0 amide bonds. The van der Waals surface area contributed by atoms with Crippen molar-refractivity contribution in [2.75, 3.05) is 17.7 Å². The second kappa shape index (κ2) is 5.90. The van der Waals surface area contributed by atoms with Crippen molar-refractivity contribution >= 4 is 17.2 Å². The monoisotopic (exact) mass is 297 g/mol. The smallest absolute Gasteiger partial charge is 0.417 e. The van der Waals surface area contributed by atoms with Gasteiger partial charge in [0, 0.05) is 6.20 Å². The number of nitrogens with zero attached hydrogens (tertiary/aromatic N) is 1. The summed E-state index contributed by atoms with van der Waals surface area (Å²) in [6, 6.07) is 7.82. The summed E-state index contributed by atoms with van der Waals surface area (Å²) in [5.74, 6) is 0.506. The molecule has 7 heteroatoms. The number of nitrogen functional groups attached to an aromatic ring is 1. The van der Waals surface area contributed by atoms with Crippen LogP contribution in [0.2, 0.25) is 0 Å². The zero-order valence-electron chi connectivity index (χ0n) is 11.2. The van der Waals surface area contributed by atoms with Crippen molar-refractivity contribution in [3.05, 3.63) is 42.1 Å². The van der Waals surface area contributed by atoms with E-state index in [9.17, 15) is 13.2 Å². The maximum absolute atomic E-state index is 12.7. The van der Waals surface area contributed by atoms with Crippen molar-refractivity contribution in [3.8, 4) is 5.75 Å². The highest BCUT2D eigenvalue weighted by molar-refractivity contribution is 5.73. The molecule has 1 heterocycles. The van der Waals surface area contributed by atoms with Crippen LogP contribution in [0.3, 0.4) is 0 Å². The minimum absolute atomic E-state index is 0.0192. The van der Waals surface area contributed by atoms with Crippen molar-refractivity contribution in [1.82, 2.24) is 4.98 Å². The van der Waals surface area contributed by atoms with Crippen molar-refractivity contribution < 1.29 is 17.9 Å². The maximum atomic E-state index is 12.7. The predicted octanol–water partition coefficient (Wildman–Crippen LogP) is 3.82. The van der Waals surface area contributed by atoms with Crippen molar-refractivity contribution in [2.45, 2.75) is 13.1 Å². The molecule has 0 spiro atoms. The van der Waals surface area contributed by atoms with Gasteiger partial charge in [0.05, 0.1) is 23.5 Å². The van der Waals surface area contributed by atoms with Crippen LogP contribution in [-0.4, -0.2) is 11.6 Å². The van der Waals surface area contributed by atoms with E-state index < -0.39 is 11.7 Å². The molecule has 2 aromatic rings. The summed E-state index contributed by atoms with van der Waals surface area (Å²) < 4.78 is 43.5. The zero-order chi connectivity index (χ0) is 15.5. The first-order valence-corrected chi connectivity index (χ1v) is 6.23. The quantitative estimate of drug-likeness (QED) is 0.900. The van der Waals surface area contributed by atoms with Crippen LogP contribution in [0.4, 0.5) is 30.4 Å². The summed E-state index contributed by atoms with van der Waals surface area (Å²) >= 11 is 0. The second-order valence-corrected chi connectivity index (χ2v) is 4.21. The number of hydrogen-bond donors (Lipinski definition) is 2. The first kappa shape index (κ1) is 15.0. The van der Waals surface area contributed by atoms with Gasteiger partial charge in [-0.25, -0.2) is 4.98 Å². The number of hydrogen-bond acceptors (Lipinski definition) is 4. The van der Waals surface area contributed by atoms with E-state index >= 15 is 0 Å². The first-order chi connectivity index (χ1) is 9.91. The third kappa shape index (κ3) is 3.56. The lowest BCUT2D eigenvalue weighted by Gasteiger charge is -2.15. The van der Waals surface area contributed by atoms with Crippen molar-refractivity contribution in [2.24, 2.45) is 0 Å². The van der Waals surface area contributed by atoms with Crippen LogP contribution in [0, 0.1) is 0 Å². The number of anilines is 3. The van der Waals surface area contributed by atoms with Crippen LogP contribution in [0.25, 0.3) is 0 Å². The Bertz CT molecular complexity index is 629. The fourth-order valence-electron chi connectivity index (χ4n) is 1.73. The SMILES string of the molecule is CCOc1ccccc1Nc1cc(C(F)(F)F)cnc1N. The Kier molecular flexibility index (Phi) is 4.21. The molecule has 0 radical (unpaired) electrons. The lowest BCUT2D eigenvalue weighted by Crippen LogP contribution is -2.08. The minimum Gasteiger partial charge on any atom is -0.492 e. The Hall–Kier alpha value is -2.44. The van der Waals surface area contributed by atoms with E-state index in [2.05, 4.69) is 10.3 Å². The van der Waals surface area contributed by atoms with E-state index in [1.807, 2.05) is 6.92 Å². The largest absolute Gasteiger partial charge is 0.492 e. The van der Waals surface area contributed by atoms with Crippen molar-refractivity contribution in [1.29, 1.82) is 0 Å². The number of halogens is 3. The second-order valence-electron chi connectivity index (χ2n) is 4.21. The van der Waals surface area contributed by atoms with Gasteiger partial charge in [0.1, 0.15) is 11.6 Å². The average Bonchev–Trinajstić information content (AvgIpc) is 2.42. The molecule has 1 aromatic carbocycles. The Labute approximate surface area is 119 Å². The molecule has 0 bridgehead atoms. The predicted molar refractivity (Wildman–Crippen MR) is 74.5 cm³/mol. The zero-order valence-corrected chi connectivity index (χ0v) is 11.2. The van der Waals surface area contributed by atoms with Crippen molar-refractivity contribution in [3.63, 3.8) is 0 Å². The summed E-state index contributed by atoms with van der Waals surface area (Å²) in [4.78, 5) is 3.57. The summed E-state index contributed by atoms with van der Waals surface area (Å²) in [5.41, 5.74) is 5.36. The van der Waals surface area contributed by atoms with E-state index in [-0.39, 0.29) is 11.5 Å². The summed E-state index contributed by atoms with van der Waals surface area (Å²) in [6.07, 6.45) is -3.77. The summed E-state index contributed by atoms with van der Waals surface area (Å²) in [6.45, 7) is 2.26. The van der Waals surface area contributed by atoms with E-state index in [4.69, 9.17) is 10.5 Å². The van der Waals surface area contributed by atoms with Gasteiger partial charge in [0.15, 0.2) is 0 Å². The molecule has 0 aliphatic rings. The summed E-state index contributed by atoms with van der Waals surface area (Å²) in [5, 5.41) is 2.83. The van der Waals surface area contributed by atoms with Gasteiger partial charge in [-0.1, -0.05) is 12.1 Å². The van der Waals surface area contributed by atoms with E-state index in [1.54, 1.807) is 24.3 Å². The molecule has 112 valence electrons. The van der Waals surface area contributed by atoms with Gasteiger partial charge in [-0.05, 0) is 25.1 Å². The number of nitrogens with two attached hydrogens (primary N) is 1. The fourth-order valence-corrected chi connectivity index (χ4v) is 1.73. The molecule has 1 aromatic heterocycles. The number of benzene rings is 1. The normalized spacial score (nSPS) is 11.2. The Morgan fingerprint density at radius 3 is 2.62 bits per heavy atom. The van der Waals surface area contributed by atoms with Crippen LogP contribution in [-0.2, 0) is 6.18 Å². The molecule has 0 aliphatic heterocycles. The highest BCUT2D eigenvalue weighted by Gasteiger charge is 2.31. The molecule has 21 heavy (non-hydrogen) atoms. The van der Waals surface area contributed by atoms with Gasteiger partial charge in [-0.3, -0.25) is 0 Å². The molecular formula is C14H14F3N3O. The molecule has 3 N–H and O–H groups in total. The van der Waals surface area contributed by atoms with Gasteiger partial charge >= 0.3 is 6.18 Å². The van der Waals surface area contributed by atoms with Gasteiger partial charge in [0.25, 0.3) is 0 Å². The Morgan fingerprint density at radius 2 is 1.95 bits per heavy atom. The van der Waals surface area contributed by atoms with E-state index in [0.29, 0.717) is 24.2 Å². The molecule has 0 saturated carbocycles. The molecule has 4 nitrogen and oxygen atoms in total. The third-order valence-corrected chi connectivity index (χ3v) is 2.70. The molecular weight excluding hydrogens is 283 g/mol. The number of rotatable bonds is 4. The maximum Gasteiger partial charge on any atom is 0.417 e. The number of para-hydroxylation sites is 2. The lowest BCUT2D eigenvalue weighted by atomic mass is 10.2. The van der Waals surface area contributed by atoms with Gasteiger partial charge in [-0.2, -0.15) is 13.2 Å². The number of pyridine rings is 1. The van der Waals surface area contributed by atoms with E-state index in [1.165, 1.54) is 0 Å². The molecule has 0 atom stereocenters. The molecule has 0 fully saturated rings. The number of aromatic nitrogens is 1. The number of nitrogens with one attached hydrogen (secondary N) is 1.